The van der Waals surface area contributed by atoms with Crippen LogP contribution in [0, 0.1) is 29.1 Å². The molecule has 176 valence electrons. The Hall–Kier alpha value is -1.71. The lowest BCUT2D eigenvalue weighted by Gasteiger charge is -2.57. The zero-order valence-corrected chi connectivity index (χ0v) is 19.8. The maximum absolute atomic E-state index is 12.0. The first kappa shape index (κ1) is 21.8. The van der Waals surface area contributed by atoms with Gasteiger partial charge in [0, 0.05) is 36.6 Å². The zero-order valence-electron chi connectivity index (χ0n) is 19.8. The van der Waals surface area contributed by atoms with Gasteiger partial charge in [-0.15, -0.1) is 5.92 Å². The predicted molar refractivity (Wildman–Crippen MR) is 124 cm³/mol. The van der Waals surface area contributed by atoms with Gasteiger partial charge in [-0.25, -0.2) is 0 Å². The van der Waals surface area contributed by atoms with Crippen molar-refractivity contribution in [3.63, 3.8) is 0 Å². The number of aromatic nitrogens is 1. The quantitative estimate of drug-likeness (QED) is 0.499. The Morgan fingerprint density at radius 1 is 1.06 bits per heavy atom. The Kier molecular flexibility index (Phi) is 4.88. The highest BCUT2D eigenvalue weighted by molar-refractivity contribution is 5.44. The van der Waals surface area contributed by atoms with Crippen LogP contribution in [-0.4, -0.2) is 45.4 Å². The SMILES string of the molecule is CC#C[C@]1(O)CC[C@H]2[C@@H]3CC[C@@]4(O)CC5(CCC4=C3[C@@H](c3ccncc3)C[C@@]21C)OCCO5. The van der Waals surface area contributed by atoms with Gasteiger partial charge in [-0.1, -0.05) is 18.4 Å². The second-order valence-corrected chi connectivity index (χ2v) is 11.2. The molecular formula is C28H35NO4. The lowest BCUT2D eigenvalue weighted by molar-refractivity contribution is -0.208. The number of ether oxygens (including phenoxy) is 2. The molecule has 1 spiro atoms. The molecule has 33 heavy (non-hydrogen) atoms. The summed E-state index contributed by atoms with van der Waals surface area (Å²) in [6.07, 6.45) is 10.1. The van der Waals surface area contributed by atoms with E-state index in [0.29, 0.717) is 31.5 Å². The summed E-state index contributed by atoms with van der Waals surface area (Å²) >= 11 is 0. The summed E-state index contributed by atoms with van der Waals surface area (Å²) in [6.45, 7) is 5.32. The molecule has 2 heterocycles. The summed E-state index contributed by atoms with van der Waals surface area (Å²) in [5, 5.41) is 23.7. The third-order valence-electron chi connectivity index (χ3n) is 9.82. The van der Waals surface area contributed by atoms with Crippen LogP contribution in [0.25, 0.3) is 0 Å². The van der Waals surface area contributed by atoms with Gasteiger partial charge in [-0.2, -0.15) is 0 Å². The molecule has 4 aliphatic carbocycles. The second-order valence-electron chi connectivity index (χ2n) is 11.2. The van der Waals surface area contributed by atoms with Crippen molar-refractivity contribution in [1.82, 2.24) is 4.98 Å². The van der Waals surface area contributed by atoms with Crippen molar-refractivity contribution in [2.24, 2.45) is 17.3 Å². The molecule has 0 amide bonds. The van der Waals surface area contributed by atoms with E-state index in [0.717, 1.165) is 44.9 Å². The highest BCUT2D eigenvalue weighted by atomic mass is 16.7. The number of fused-ring (bicyclic) bond motifs is 4. The number of hydrogen-bond donors (Lipinski definition) is 2. The van der Waals surface area contributed by atoms with Gasteiger partial charge in [0.15, 0.2) is 5.79 Å². The molecule has 1 aromatic rings. The van der Waals surface area contributed by atoms with Crippen LogP contribution in [0.4, 0.5) is 0 Å². The summed E-state index contributed by atoms with van der Waals surface area (Å²) in [5.74, 6) is 6.52. The minimum Gasteiger partial charge on any atom is -0.385 e. The number of rotatable bonds is 1. The van der Waals surface area contributed by atoms with Crippen molar-refractivity contribution in [3.8, 4) is 11.8 Å². The average Bonchev–Trinajstić information content (AvgIpc) is 3.35. The number of allylic oxidation sites excluding steroid dienone is 1. The lowest BCUT2D eigenvalue weighted by Crippen LogP contribution is -2.55. The summed E-state index contributed by atoms with van der Waals surface area (Å²) in [5.41, 5.74) is 1.79. The highest BCUT2D eigenvalue weighted by Crippen LogP contribution is 2.67. The topological polar surface area (TPSA) is 71.8 Å². The summed E-state index contributed by atoms with van der Waals surface area (Å²) in [6, 6.07) is 4.22. The molecule has 1 saturated heterocycles. The molecule has 0 radical (unpaired) electrons. The minimum atomic E-state index is -0.955. The van der Waals surface area contributed by atoms with Gasteiger partial charge in [0.1, 0.15) is 5.60 Å². The van der Waals surface area contributed by atoms with Crippen molar-refractivity contribution < 1.29 is 19.7 Å². The second kappa shape index (κ2) is 7.39. The molecule has 2 N–H and O–H groups in total. The maximum Gasteiger partial charge on any atom is 0.171 e. The van der Waals surface area contributed by atoms with Crippen LogP contribution in [0.1, 0.15) is 76.7 Å². The predicted octanol–water partition coefficient (Wildman–Crippen LogP) is 4.10. The van der Waals surface area contributed by atoms with E-state index in [4.69, 9.17) is 9.47 Å². The first-order chi connectivity index (χ1) is 15.8. The van der Waals surface area contributed by atoms with Crippen molar-refractivity contribution >= 4 is 0 Å². The molecule has 1 aliphatic heterocycles. The molecule has 5 aliphatic rings. The lowest BCUT2D eigenvalue weighted by atomic mass is 9.49. The van der Waals surface area contributed by atoms with Crippen molar-refractivity contribution in [2.45, 2.75) is 88.1 Å². The average molecular weight is 450 g/mol. The van der Waals surface area contributed by atoms with E-state index in [1.54, 1.807) is 0 Å². The Morgan fingerprint density at radius 3 is 2.55 bits per heavy atom. The fourth-order valence-corrected chi connectivity index (χ4v) is 8.32. The normalized spacial score (nSPS) is 43.5. The van der Waals surface area contributed by atoms with E-state index in [9.17, 15) is 10.2 Å². The molecular weight excluding hydrogens is 414 g/mol. The molecule has 3 saturated carbocycles. The van der Waals surface area contributed by atoms with Crippen molar-refractivity contribution in [1.29, 1.82) is 0 Å². The molecule has 0 unspecified atom stereocenters. The van der Waals surface area contributed by atoms with E-state index in [1.165, 1.54) is 16.7 Å². The zero-order chi connectivity index (χ0) is 22.9. The van der Waals surface area contributed by atoms with E-state index in [-0.39, 0.29) is 11.3 Å². The van der Waals surface area contributed by atoms with Crippen LogP contribution in [0.5, 0.6) is 0 Å². The standard InChI is InChI=1S/C28H35NO4/c1-3-9-27(31)11-5-22-20-4-10-26(30)18-28(32-15-16-33-28)12-6-23(26)24(20)21(17-25(22,27)2)19-7-13-29-14-8-19/h7-8,13-14,20-22,30-31H,4-6,10-12,15-18H2,1-2H3/t20-,21+,22-,25-,26+,27-/m0/s1. The number of pyridine rings is 1. The third kappa shape index (κ3) is 3.04. The largest absolute Gasteiger partial charge is 0.385 e. The first-order valence-corrected chi connectivity index (χ1v) is 12.6. The van der Waals surface area contributed by atoms with Gasteiger partial charge < -0.3 is 19.7 Å². The van der Waals surface area contributed by atoms with E-state index >= 15 is 0 Å². The van der Waals surface area contributed by atoms with Crippen LogP contribution >= 0.6 is 0 Å². The third-order valence-corrected chi connectivity index (χ3v) is 9.82. The highest BCUT2D eigenvalue weighted by Gasteiger charge is 2.64. The van der Waals surface area contributed by atoms with Gasteiger partial charge in [-0.3, -0.25) is 4.98 Å². The molecule has 4 fully saturated rings. The number of nitrogens with zero attached hydrogens (tertiary/aromatic N) is 1. The first-order valence-electron chi connectivity index (χ1n) is 12.6. The van der Waals surface area contributed by atoms with E-state index in [1.807, 2.05) is 19.3 Å². The van der Waals surface area contributed by atoms with Crippen molar-refractivity contribution in [2.75, 3.05) is 13.2 Å². The summed E-state index contributed by atoms with van der Waals surface area (Å²) < 4.78 is 12.0. The number of aliphatic hydroxyl groups is 2. The van der Waals surface area contributed by atoms with E-state index in [2.05, 4.69) is 35.9 Å². The molecule has 5 nitrogen and oxygen atoms in total. The van der Waals surface area contributed by atoms with Crippen LogP contribution in [0.15, 0.2) is 35.7 Å². The maximum atomic E-state index is 12.0. The van der Waals surface area contributed by atoms with Gasteiger partial charge in [0.25, 0.3) is 0 Å². The summed E-state index contributed by atoms with van der Waals surface area (Å²) in [4.78, 5) is 4.26. The molecule has 6 atom stereocenters. The van der Waals surface area contributed by atoms with Crippen LogP contribution < -0.4 is 0 Å². The number of hydrogen-bond acceptors (Lipinski definition) is 5. The van der Waals surface area contributed by atoms with Gasteiger partial charge in [0.05, 0.1) is 18.8 Å². The Bertz CT molecular complexity index is 1030. The Morgan fingerprint density at radius 2 is 1.82 bits per heavy atom. The molecule has 0 aromatic carbocycles. The fraction of sp³-hybridized carbons (Fsp3) is 0.679. The van der Waals surface area contributed by atoms with Crippen molar-refractivity contribution in [3.05, 3.63) is 41.2 Å². The van der Waals surface area contributed by atoms with Gasteiger partial charge in [-0.05, 0) is 80.6 Å². The van der Waals surface area contributed by atoms with Crippen LogP contribution in [0.2, 0.25) is 0 Å². The molecule has 1 aromatic heterocycles. The minimum absolute atomic E-state index is 0.156. The van der Waals surface area contributed by atoms with E-state index < -0.39 is 17.0 Å². The van der Waals surface area contributed by atoms with Crippen LogP contribution in [-0.2, 0) is 9.47 Å². The molecule has 6 rings (SSSR count). The van der Waals surface area contributed by atoms with Crippen LogP contribution in [0.3, 0.4) is 0 Å². The fourth-order valence-electron chi connectivity index (χ4n) is 8.32. The smallest absolute Gasteiger partial charge is 0.171 e. The molecule has 5 heteroatoms. The Balaban J connectivity index is 1.49. The molecule has 0 bridgehead atoms. The summed E-state index contributed by atoms with van der Waals surface area (Å²) in [7, 11) is 0. The van der Waals surface area contributed by atoms with Gasteiger partial charge in [0.2, 0.25) is 0 Å². The monoisotopic (exact) mass is 449 g/mol. The van der Waals surface area contributed by atoms with Gasteiger partial charge >= 0.3 is 0 Å². The Labute approximate surface area is 196 Å².